The molecule has 3 rings (SSSR count). The van der Waals surface area contributed by atoms with Crippen molar-refractivity contribution in [2.45, 2.75) is 20.4 Å². The average Bonchev–Trinajstić information content (AvgIpc) is 2.61. The van der Waals surface area contributed by atoms with Gasteiger partial charge in [-0.1, -0.05) is 23.8 Å². The van der Waals surface area contributed by atoms with Crippen LogP contribution in [0.3, 0.4) is 0 Å². The molecule has 0 spiro atoms. The van der Waals surface area contributed by atoms with Crippen molar-refractivity contribution in [2.75, 3.05) is 13.7 Å². The molecular weight excluding hydrogens is 330 g/mol. The molecule has 5 nitrogen and oxygen atoms in total. The molecule has 2 aromatic carbocycles. The Morgan fingerprint density at radius 2 is 1.85 bits per heavy atom. The third-order valence-electron chi connectivity index (χ3n) is 4.29. The number of hydrogen-bond acceptors (Lipinski definition) is 4. The fourth-order valence-corrected chi connectivity index (χ4v) is 2.75. The molecular formula is C21H21NO4. The van der Waals surface area contributed by atoms with Crippen molar-refractivity contribution in [2.24, 2.45) is 0 Å². The molecule has 0 aliphatic rings. The summed E-state index contributed by atoms with van der Waals surface area (Å²) in [5.74, 6) is 0.361. The lowest BCUT2D eigenvalue weighted by Gasteiger charge is -2.19. The van der Waals surface area contributed by atoms with Gasteiger partial charge in [-0.25, -0.2) is 4.79 Å². The molecule has 0 unspecified atom stereocenters. The van der Waals surface area contributed by atoms with Gasteiger partial charge in [0.25, 0.3) is 5.91 Å². The highest BCUT2D eigenvalue weighted by atomic mass is 16.5. The van der Waals surface area contributed by atoms with Crippen LogP contribution in [0.1, 0.15) is 16.7 Å². The molecule has 134 valence electrons. The molecule has 0 aliphatic carbocycles. The van der Waals surface area contributed by atoms with E-state index in [1.807, 2.05) is 26.0 Å². The predicted molar refractivity (Wildman–Crippen MR) is 100 cm³/mol. The van der Waals surface area contributed by atoms with Gasteiger partial charge < -0.3 is 14.1 Å². The van der Waals surface area contributed by atoms with Gasteiger partial charge in [-0.05, 0) is 43.2 Å². The summed E-state index contributed by atoms with van der Waals surface area (Å²) in [6.45, 7) is 4.54. The van der Waals surface area contributed by atoms with Crippen molar-refractivity contribution in [3.8, 4) is 5.75 Å². The predicted octanol–water partition coefficient (Wildman–Crippen LogP) is 3.45. The Bertz CT molecular complexity index is 1010. The van der Waals surface area contributed by atoms with E-state index in [0.29, 0.717) is 17.9 Å². The van der Waals surface area contributed by atoms with Crippen LogP contribution in [-0.2, 0) is 11.3 Å². The summed E-state index contributed by atoms with van der Waals surface area (Å²) in [4.78, 5) is 25.3. The zero-order valence-corrected chi connectivity index (χ0v) is 15.1. The SMILES string of the molecule is Cc1ccc(CN(C)C(=O)COc2ccc3ccc(=O)oc3c2)c(C)c1. The summed E-state index contributed by atoms with van der Waals surface area (Å²) in [6.07, 6.45) is 0. The normalized spacial score (nSPS) is 10.7. The van der Waals surface area contributed by atoms with E-state index in [1.54, 1.807) is 36.2 Å². The summed E-state index contributed by atoms with van der Waals surface area (Å²) in [7, 11) is 1.75. The third-order valence-corrected chi connectivity index (χ3v) is 4.29. The molecule has 0 radical (unpaired) electrons. The smallest absolute Gasteiger partial charge is 0.336 e. The highest BCUT2D eigenvalue weighted by Gasteiger charge is 2.12. The number of aryl methyl sites for hydroxylation is 2. The van der Waals surface area contributed by atoms with Gasteiger partial charge in [-0.3, -0.25) is 4.79 Å². The maximum absolute atomic E-state index is 12.3. The van der Waals surface area contributed by atoms with E-state index in [2.05, 4.69) is 6.07 Å². The standard InChI is InChI=1S/C21H21NO4/c1-14-4-5-17(15(2)10-14)12-22(3)20(23)13-25-18-8-6-16-7-9-21(24)26-19(16)11-18/h4-11H,12-13H2,1-3H3. The molecule has 0 aliphatic heterocycles. The van der Waals surface area contributed by atoms with Crippen LogP contribution < -0.4 is 10.4 Å². The van der Waals surface area contributed by atoms with Crippen LogP contribution in [0.5, 0.6) is 5.75 Å². The van der Waals surface area contributed by atoms with Crippen LogP contribution >= 0.6 is 0 Å². The number of fused-ring (bicyclic) bond motifs is 1. The van der Waals surface area contributed by atoms with E-state index in [-0.39, 0.29) is 12.5 Å². The van der Waals surface area contributed by atoms with Gasteiger partial charge in [-0.2, -0.15) is 0 Å². The highest BCUT2D eigenvalue weighted by molar-refractivity contribution is 5.79. The van der Waals surface area contributed by atoms with Crippen LogP contribution in [0.4, 0.5) is 0 Å². The van der Waals surface area contributed by atoms with E-state index in [0.717, 1.165) is 16.5 Å². The van der Waals surface area contributed by atoms with E-state index in [4.69, 9.17) is 9.15 Å². The van der Waals surface area contributed by atoms with Crippen molar-refractivity contribution in [3.05, 3.63) is 75.6 Å². The minimum Gasteiger partial charge on any atom is -0.484 e. The quantitative estimate of drug-likeness (QED) is 0.661. The first-order valence-corrected chi connectivity index (χ1v) is 8.39. The molecule has 1 heterocycles. The Balaban J connectivity index is 1.63. The van der Waals surface area contributed by atoms with Crippen molar-refractivity contribution >= 4 is 16.9 Å². The molecule has 1 aromatic heterocycles. The molecule has 0 atom stereocenters. The zero-order valence-electron chi connectivity index (χ0n) is 15.1. The second kappa shape index (κ2) is 7.44. The summed E-state index contributed by atoms with van der Waals surface area (Å²) >= 11 is 0. The van der Waals surface area contributed by atoms with E-state index >= 15 is 0 Å². The van der Waals surface area contributed by atoms with Gasteiger partial charge in [0.15, 0.2) is 6.61 Å². The van der Waals surface area contributed by atoms with Crippen LogP contribution in [0.15, 0.2) is 57.7 Å². The molecule has 3 aromatic rings. The zero-order chi connectivity index (χ0) is 18.7. The lowest BCUT2D eigenvalue weighted by Crippen LogP contribution is -2.31. The average molecular weight is 351 g/mol. The fourth-order valence-electron chi connectivity index (χ4n) is 2.75. The first-order valence-electron chi connectivity index (χ1n) is 8.39. The first kappa shape index (κ1) is 17.7. The van der Waals surface area contributed by atoms with E-state index < -0.39 is 5.63 Å². The summed E-state index contributed by atoms with van der Waals surface area (Å²) in [5.41, 5.74) is 3.49. The molecule has 0 saturated heterocycles. The summed E-state index contributed by atoms with van der Waals surface area (Å²) < 4.78 is 10.7. The third kappa shape index (κ3) is 4.11. The second-order valence-electron chi connectivity index (χ2n) is 6.42. The van der Waals surface area contributed by atoms with Gasteiger partial charge in [0.05, 0.1) is 0 Å². The number of likely N-dealkylation sites (N-methyl/N-ethyl adjacent to an activating group) is 1. The van der Waals surface area contributed by atoms with Gasteiger partial charge >= 0.3 is 5.63 Å². The van der Waals surface area contributed by atoms with Crippen molar-refractivity contribution < 1.29 is 13.9 Å². The number of carbonyl (C=O) groups excluding carboxylic acids is 1. The van der Waals surface area contributed by atoms with E-state index in [9.17, 15) is 9.59 Å². The number of nitrogens with zero attached hydrogens (tertiary/aromatic N) is 1. The molecule has 26 heavy (non-hydrogen) atoms. The Hall–Kier alpha value is -3.08. The Morgan fingerprint density at radius 1 is 1.08 bits per heavy atom. The lowest BCUT2D eigenvalue weighted by atomic mass is 10.1. The summed E-state index contributed by atoms with van der Waals surface area (Å²) in [5, 5.41) is 0.801. The van der Waals surface area contributed by atoms with Crippen molar-refractivity contribution in [3.63, 3.8) is 0 Å². The Morgan fingerprint density at radius 3 is 2.62 bits per heavy atom. The van der Waals surface area contributed by atoms with Gasteiger partial charge in [0.2, 0.25) is 0 Å². The van der Waals surface area contributed by atoms with Crippen molar-refractivity contribution in [1.82, 2.24) is 4.90 Å². The van der Waals surface area contributed by atoms with E-state index in [1.165, 1.54) is 11.6 Å². The number of benzene rings is 2. The Kier molecular flexibility index (Phi) is 5.07. The molecule has 1 amide bonds. The summed E-state index contributed by atoms with van der Waals surface area (Å²) in [6, 6.07) is 14.4. The van der Waals surface area contributed by atoms with Crippen LogP contribution in [0.2, 0.25) is 0 Å². The maximum Gasteiger partial charge on any atom is 0.336 e. The highest BCUT2D eigenvalue weighted by Crippen LogP contribution is 2.19. The van der Waals surface area contributed by atoms with Crippen LogP contribution in [0.25, 0.3) is 11.0 Å². The number of amides is 1. The monoisotopic (exact) mass is 351 g/mol. The molecule has 0 bridgehead atoms. The minimum absolute atomic E-state index is 0.0794. The number of ether oxygens (including phenoxy) is 1. The van der Waals surface area contributed by atoms with Crippen LogP contribution in [0, 0.1) is 13.8 Å². The minimum atomic E-state index is -0.418. The second-order valence-corrected chi connectivity index (χ2v) is 6.42. The lowest BCUT2D eigenvalue weighted by molar-refractivity contribution is -0.132. The molecule has 0 N–H and O–H groups in total. The Labute approximate surface area is 151 Å². The first-order chi connectivity index (χ1) is 12.4. The molecule has 0 saturated carbocycles. The maximum atomic E-state index is 12.3. The fraction of sp³-hybridized carbons (Fsp3) is 0.238. The van der Waals surface area contributed by atoms with Gasteiger partial charge in [-0.15, -0.1) is 0 Å². The number of rotatable bonds is 5. The largest absolute Gasteiger partial charge is 0.484 e. The van der Waals surface area contributed by atoms with Crippen molar-refractivity contribution in [1.29, 1.82) is 0 Å². The van der Waals surface area contributed by atoms with Crippen LogP contribution in [-0.4, -0.2) is 24.5 Å². The molecule has 5 heteroatoms. The number of carbonyl (C=O) groups is 1. The van der Waals surface area contributed by atoms with Gasteiger partial charge in [0.1, 0.15) is 11.3 Å². The van der Waals surface area contributed by atoms with Gasteiger partial charge in [0, 0.05) is 31.1 Å². The topological polar surface area (TPSA) is 59.8 Å². The number of hydrogen-bond donors (Lipinski definition) is 0. The molecule has 0 fully saturated rings.